The second kappa shape index (κ2) is 6.37. The van der Waals surface area contributed by atoms with Gasteiger partial charge < -0.3 is 15.0 Å². The van der Waals surface area contributed by atoms with Crippen molar-refractivity contribution in [3.8, 4) is 0 Å². The molecule has 1 saturated carbocycles. The molecule has 1 aliphatic carbocycles. The van der Waals surface area contributed by atoms with Crippen molar-refractivity contribution in [3.05, 3.63) is 35.9 Å². The molecule has 20 heavy (non-hydrogen) atoms. The number of ether oxygens (including phenoxy) is 1. The van der Waals surface area contributed by atoms with Crippen LogP contribution in [0.3, 0.4) is 0 Å². The van der Waals surface area contributed by atoms with Crippen LogP contribution in [-0.2, 0) is 9.53 Å². The van der Waals surface area contributed by atoms with Crippen LogP contribution in [0.15, 0.2) is 30.3 Å². The molecule has 4 heteroatoms. The highest BCUT2D eigenvalue weighted by Crippen LogP contribution is 2.47. The summed E-state index contributed by atoms with van der Waals surface area (Å²) in [6.07, 6.45) is 1.00. The van der Waals surface area contributed by atoms with Gasteiger partial charge in [-0.1, -0.05) is 30.3 Å². The first kappa shape index (κ1) is 13.6. The maximum absolute atomic E-state index is 12.1. The van der Waals surface area contributed by atoms with Crippen LogP contribution in [-0.4, -0.2) is 45.3 Å². The lowest BCUT2D eigenvalue weighted by molar-refractivity contribution is -0.906. The maximum atomic E-state index is 12.1. The highest BCUT2D eigenvalue weighted by Gasteiger charge is 2.43. The average molecular weight is 275 g/mol. The van der Waals surface area contributed by atoms with E-state index in [1.54, 1.807) is 0 Å². The molecule has 1 heterocycles. The van der Waals surface area contributed by atoms with Crippen molar-refractivity contribution < 1.29 is 14.4 Å². The Hall–Kier alpha value is -1.39. The van der Waals surface area contributed by atoms with Gasteiger partial charge in [-0.05, 0) is 17.9 Å². The van der Waals surface area contributed by atoms with Crippen molar-refractivity contribution in [2.45, 2.75) is 12.3 Å². The molecule has 2 fully saturated rings. The molecule has 2 N–H and O–H groups in total. The van der Waals surface area contributed by atoms with E-state index >= 15 is 0 Å². The predicted octanol–water partition coefficient (Wildman–Crippen LogP) is -0.179. The number of carbonyl (C=O) groups excluding carboxylic acids is 1. The molecule has 0 radical (unpaired) electrons. The SMILES string of the molecule is O=C(NCC[NH+]1CCOCC1)C1CC1c1ccccc1. The molecule has 108 valence electrons. The summed E-state index contributed by atoms with van der Waals surface area (Å²) in [7, 11) is 0. The van der Waals surface area contributed by atoms with Crippen LogP contribution in [0, 0.1) is 5.92 Å². The third-order valence-electron chi connectivity index (χ3n) is 4.33. The van der Waals surface area contributed by atoms with Gasteiger partial charge in [-0.3, -0.25) is 4.79 Å². The molecule has 0 aromatic heterocycles. The highest BCUT2D eigenvalue weighted by molar-refractivity contribution is 5.82. The molecular formula is C16H23N2O2+. The zero-order valence-electron chi connectivity index (χ0n) is 11.8. The molecule has 2 aliphatic rings. The third kappa shape index (κ3) is 3.38. The Morgan fingerprint density at radius 3 is 2.75 bits per heavy atom. The second-order valence-electron chi connectivity index (χ2n) is 5.76. The van der Waals surface area contributed by atoms with Crippen molar-refractivity contribution in [3.63, 3.8) is 0 Å². The lowest BCUT2D eigenvalue weighted by Gasteiger charge is -2.23. The normalized spacial score (nSPS) is 26.2. The van der Waals surface area contributed by atoms with Gasteiger partial charge in [0.25, 0.3) is 0 Å². The number of carbonyl (C=O) groups is 1. The minimum atomic E-state index is 0.192. The summed E-state index contributed by atoms with van der Waals surface area (Å²) in [4.78, 5) is 13.6. The molecule has 2 unspecified atom stereocenters. The van der Waals surface area contributed by atoms with Gasteiger partial charge in [0.2, 0.25) is 5.91 Å². The Kier molecular flexibility index (Phi) is 4.33. The van der Waals surface area contributed by atoms with Gasteiger partial charge in [-0.25, -0.2) is 0 Å². The number of morpholine rings is 1. The molecule has 0 spiro atoms. The quantitative estimate of drug-likeness (QED) is 0.783. The van der Waals surface area contributed by atoms with Crippen molar-refractivity contribution in [2.75, 3.05) is 39.4 Å². The Labute approximate surface area is 120 Å². The summed E-state index contributed by atoms with van der Waals surface area (Å²) in [5.41, 5.74) is 1.30. The molecule has 2 atom stereocenters. The van der Waals surface area contributed by atoms with Gasteiger partial charge >= 0.3 is 0 Å². The number of hydrogen-bond acceptors (Lipinski definition) is 2. The Morgan fingerprint density at radius 2 is 2.00 bits per heavy atom. The predicted molar refractivity (Wildman–Crippen MR) is 76.7 cm³/mol. The lowest BCUT2D eigenvalue weighted by atomic mass is 10.1. The molecule has 3 rings (SSSR count). The van der Waals surface area contributed by atoms with Crippen LogP contribution in [0.5, 0.6) is 0 Å². The second-order valence-corrected chi connectivity index (χ2v) is 5.76. The van der Waals surface area contributed by atoms with Gasteiger partial charge in [0.15, 0.2) is 0 Å². The minimum Gasteiger partial charge on any atom is -0.370 e. The van der Waals surface area contributed by atoms with Crippen molar-refractivity contribution >= 4 is 5.91 Å². The highest BCUT2D eigenvalue weighted by atomic mass is 16.5. The first-order chi connectivity index (χ1) is 9.84. The molecular weight excluding hydrogens is 252 g/mol. The summed E-state index contributed by atoms with van der Waals surface area (Å²) in [6.45, 7) is 5.62. The Bertz CT molecular complexity index is 443. The number of rotatable bonds is 5. The fourth-order valence-electron chi connectivity index (χ4n) is 2.96. The summed E-state index contributed by atoms with van der Waals surface area (Å²) in [5.74, 6) is 0.857. The van der Waals surface area contributed by atoms with E-state index in [2.05, 4.69) is 17.4 Å². The largest absolute Gasteiger partial charge is 0.370 e. The van der Waals surface area contributed by atoms with Gasteiger partial charge in [-0.15, -0.1) is 0 Å². The van der Waals surface area contributed by atoms with Crippen molar-refractivity contribution in [2.24, 2.45) is 5.92 Å². The third-order valence-corrected chi connectivity index (χ3v) is 4.33. The Balaban J connectivity index is 1.38. The van der Waals surface area contributed by atoms with Crippen LogP contribution in [0.1, 0.15) is 17.9 Å². The number of nitrogens with one attached hydrogen (secondary N) is 2. The van der Waals surface area contributed by atoms with Crippen molar-refractivity contribution in [1.29, 1.82) is 0 Å². The van der Waals surface area contributed by atoms with E-state index in [0.717, 1.165) is 45.8 Å². The first-order valence-corrected chi connectivity index (χ1v) is 7.58. The molecule has 0 bridgehead atoms. The van der Waals surface area contributed by atoms with Gasteiger partial charge in [0.05, 0.1) is 26.3 Å². The topological polar surface area (TPSA) is 42.8 Å². The van der Waals surface area contributed by atoms with Crippen LogP contribution in [0.4, 0.5) is 0 Å². The summed E-state index contributed by atoms with van der Waals surface area (Å²) < 4.78 is 5.33. The minimum absolute atomic E-state index is 0.192. The van der Waals surface area contributed by atoms with Crippen LogP contribution in [0.25, 0.3) is 0 Å². The number of hydrogen-bond donors (Lipinski definition) is 2. The number of quaternary nitrogens is 1. The van der Waals surface area contributed by atoms with Gasteiger partial charge in [0.1, 0.15) is 13.1 Å². The fourth-order valence-corrected chi connectivity index (χ4v) is 2.96. The zero-order chi connectivity index (χ0) is 13.8. The maximum Gasteiger partial charge on any atom is 0.223 e. The molecule has 1 amide bonds. The summed E-state index contributed by atoms with van der Waals surface area (Å²) in [5, 5.41) is 3.09. The van der Waals surface area contributed by atoms with E-state index in [1.807, 2.05) is 18.2 Å². The molecule has 1 aliphatic heterocycles. The van der Waals surface area contributed by atoms with Crippen LogP contribution in [0.2, 0.25) is 0 Å². The van der Waals surface area contributed by atoms with Gasteiger partial charge in [0, 0.05) is 5.92 Å². The van der Waals surface area contributed by atoms with E-state index in [0.29, 0.717) is 5.92 Å². The Morgan fingerprint density at radius 1 is 1.25 bits per heavy atom. The number of benzene rings is 1. The van der Waals surface area contributed by atoms with Gasteiger partial charge in [-0.2, -0.15) is 0 Å². The molecule has 1 saturated heterocycles. The lowest BCUT2D eigenvalue weighted by Crippen LogP contribution is -3.14. The monoisotopic (exact) mass is 275 g/mol. The van der Waals surface area contributed by atoms with Crippen LogP contribution >= 0.6 is 0 Å². The first-order valence-electron chi connectivity index (χ1n) is 7.58. The summed E-state index contributed by atoms with van der Waals surface area (Å²) in [6, 6.07) is 10.4. The number of amides is 1. The molecule has 1 aromatic rings. The van der Waals surface area contributed by atoms with Crippen LogP contribution < -0.4 is 10.2 Å². The smallest absolute Gasteiger partial charge is 0.223 e. The zero-order valence-corrected chi connectivity index (χ0v) is 11.8. The van der Waals surface area contributed by atoms with E-state index in [-0.39, 0.29) is 11.8 Å². The van der Waals surface area contributed by atoms with E-state index < -0.39 is 0 Å². The standard InChI is InChI=1S/C16H22N2O2/c19-16(17-6-7-18-8-10-20-11-9-18)15-12-14(15)13-4-2-1-3-5-13/h1-5,14-15H,6-12H2,(H,17,19)/p+1. The van der Waals surface area contributed by atoms with Crippen molar-refractivity contribution in [1.82, 2.24) is 5.32 Å². The van der Waals surface area contributed by atoms with E-state index in [4.69, 9.17) is 4.74 Å². The fraction of sp³-hybridized carbons (Fsp3) is 0.562. The molecule has 1 aromatic carbocycles. The van der Waals surface area contributed by atoms with E-state index in [1.165, 1.54) is 10.5 Å². The average Bonchev–Trinajstić information content (AvgIpc) is 3.30. The van der Waals surface area contributed by atoms with E-state index in [9.17, 15) is 4.79 Å². The molecule has 4 nitrogen and oxygen atoms in total. The summed E-state index contributed by atoms with van der Waals surface area (Å²) >= 11 is 0.